The molecule has 0 spiro atoms. The van der Waals surface area contributed by atoms with Crippen molar-refractivity contribution >= 4 is 5.91 Å². The highest BCUT2D eigenvalue weighted by Gasteiger charge is 1.75. The molecule has 3 heteroatoms. The predicted molar refractivity (Wildman–Crippen MR) is 32.9 cm³/mol. The van der Waals surface area contributed by atoms with Gasteiger partial charge in [0.05, 0.1) is 6.33 Å². The van der Waals surface area contributed by atoms with Crippen molar-refractivity contribution in [3.8, 4) is 0 Å². The number of primary amides is 1. The van der Waals surface area contributed by atoms with Crippen molar-refractivity contribution in [1.29, 1.82) is 0 Å². The highest BCUT2D eigenvalue weighted by molar-refractivity contribution is 5.85. The monoisotopic (exact) mass is 121 g/mol. The Morgan fingerprint density at radius 2 is 2.12 bits per heavy atom. The molecule has 0 aliphatic rings. The Bertz CT molecular complexity index is 85.0. The third kappa shape index (κ3) is 19.2. The van der Waals surface area contributed by atoms with E-state index in [4.69, 9.17) is 0 Å². The van der Waals surface area contributed by atoms with Crippen LogP contribution in [0.1, 0.15) is 15.3 Å². The van der Waals surface area contributed by atoms with Gasteiger partial charge in [-0.1, -0.05) is 13.8 Å². The van der Waals surface area contributed by atoms with E-state index in [9.17, 15) is 9.18 Å². The molecular weight excluding hydrogens is 109 g/mol. The van der Waals surface area contributed by atoms with Gasteiger partial charge in [-0.15, -0.1) is 0 Å². The van der Waals surface area contributed by atoms with Gasteiger partial charge in [0.1, 0.15) is 0 Å². The third-order valence-electron chi connectivity index (χ3n) is 0.227. The third-order valence-corrected chi connectivity index (χ3v) is 0.227. The number of amides is 1. The fourth-order valence-electron chi connectivity index (χ4n) is 0.0621. The molecule has 0 bridgehead atoms. The lowest BCUT2D eigenvalue weighted by molar-refractivity contribution is -0.113. The highest BCUT2D eigenvalue weighted by Crippen LogP contribution is 1.66. The van der Waals surface area contributed by atoms with E-state index in [0.29, 0.717) is 6.08 Å². The van der Waals surface area contributed by atoms with Gasteiger partial charge in [-0.25, -0.2) is 4.39 Å². The summed E-state index contributed by atoms with van der Waals surface area (Å²) in [5.74, 6) is -0.766. The quantitative estimate of drug-likeness (QED) is 0.521. The van der Waals surface area contributed by atoms with Crippen molar-refractivity contribution in [3.63, 3.8) is 0 Å². The summed E-state index contributed by atoms with van der Waals surface area (Å²) < 4.78 is 10.8. The number of hydrogen-bond donors (Lipinski definition) is 1. The van der Waals surface area contributed by atoms with Gasteiger partial charge in [0, 0.05) is 7.50 Å². The Balaban J connectivity index is -0.000000109. The molecule has 0 aromatic carbocycles. The van der Waals surface area contributed by atoms with Crippen molar-refractivity contribution in [3.05, 3.63) is 12.4 Å². The van der Waals surface area contributed by atoms with Crippen LogP contribution in [0.3, 0.4) is 0 Å². The van der Waals surface area contributed by atoms with Crippen molar-refractivity contribution in [1.82, 2.24) is 0 Å². The summed E-state index contributed by atoms with van der Waals surface area (Å²) in [6.07, 6.45) is 0.738. The maximum atomic E-state index is 10.8. The summed E-state index contributed by atoms with van der Waals surface area (Å²) in [6, 6.07) is 0. The normalized spacial score (nSPS) is 7.88. The second kappa shape index (κ2) is 9.46. The molecule has 0 rings (SSSR count). The average molecular weight is 121 g/mol. The molecule has 0 saturated carbocycles. The van der Waals surface area contributed by atoms with Gasteiger partial charge in [-0.05, 0) is 0 Å². The molecule has 0 atom stereocenters. The smallest absolute Gasteiger partial charge is 0.243 e. The van der Waals surface area contributed by atoms with Crippen LogP contribution in [-0.2, 0) is 4.79 Å². The Labute approximate surface area is 49.7 Å². The van der Waals surface area contributed by atoms with Crippen LogP contribution in [0.15, 0.2) is 12.4 Å². The zero-order valence-corrected chi connectivity index (χ0v) is 5.02. The second-order valence-electron chi connectivity index (χ2n) is 0.695. The van der Waals surface area contributed by atoms with E-state index in [1.165, 1.54) is 0 Å². The zero-order valence-electron chi connectivity index (χ0n) is 5.02. The van der Waals surface area contributed by atoms with E-state index in [-0.39, 0.29) is 7.76 Å². The van der Waals surface area contributed by atoms with E-state index in [1.807, 2.05) is 13.8 Å². The summed E-state index contributed by atoms with van der Waals surface area (Å²) in [5.41, 5.74) is 4.44. The van der Waals surface area contributed by atoms with Crippen LogP contribution in [0.2, 0.25) is 0 Å². The van der Waals surface area contributed by atoms with E-state index in [1.54, 1.807) is 0 Å². The Morgan fingerprint density at radius 1 is 1.75 bits per heavy atom. The second-order valence-corrected chi connectivity index (χ2v) is 0.695. The fourth-order valence-corrected chi connectivity index (χ4v) is 0.0621. The molecule has 0 fully saturated rings. The van der Waals surface area contributed by atoms with Crippen LogP contribution in [-0.4, -0.2) is 5.91 Å². The average Bonchev–Trinajstić information content (AvgIpc) is 1.72. The molecule has 0 saturated heterocycles. The molecule has 0 aliphatic carbocycles. The lowest BCUT2D eigenvalue weighted by Crippen LogP contribution is -2.04. The van der Waals surface area contributed by atoms with Crippen LogP contribution >= 0.6 is 0 Å². The molecular formula is C5H12FNO. The molecule has 0 aromatic heterocycles. The molecule has 0 unspecified atom stereocenters. The van der Waals surface area contributed by atoms with E-state index >= 15 is 0 Å². The minimum absolute atomic E-state index is 0. The van der Waals surface area contributed by atoms with Gasteiger partial charge in [0.25, 0.3) is 0 Å². The maximum Gasteiger partial charge on any atom is 0.243 e. The number of hydrogen-bond acceptors (Lipinski definition) is 1. The van der Waals surface area contributed by atoms with Gasteiger partial charge >= 0.3 is 0 Å². The number of carbonyl (C=O) groups excluding carboxylic acids is 1. The maximum absolute atomic E-state index is 10.8. The Kier molecular flexibility index (Phi) is 12.1. The minimum Gasteiger partial charge on any atom is -0.366 e. The molecule has 0 aromatic rings. The standard InChI is InChI=1S/C3H4FNO.C2H6.H2/c4-2-1-3(5)6;1-2;/h1-2H,(H2,5,6);1-2H3;1H/b2-1+;;. The summed E-state index contributed by atoms with van der Waals surface area (Å²) in [4.78, 5) is 9.49. The topological polar surface area (TPSA) is 43.1 Å². The number of nitrogens with two attached hydrogens (primary N) is 1. The van der Waals surface area contributed by atoms with Crippen LogP contribution in [0, 0.1) is 0 Å². The molecule has 2 nitrogen and oxygen atoms in total. The minimum atomic E-state index is -0.766. The summed E-state index contributed by atoms with van der Waals surface area (Å²) >= 11 is 0. The molecule has 8 heavy (non-hydrogen) atoms. The molecule has 50 valence electrons. The zero-order chi connectivity index (χ0) is 6.99. The Hall–Kier alpha value is -0.860. The van der Waals surface area contributed by atoms with Crippen molar-refractivity contribution in [2.24, 2.45) is 5.73 Å². The summed E-state index contributed by atoms with van der Waals surface area (Å²) in [6.45, 7) is 4.00. The summed E-state index contributed by atoms with van der Waals surface area (Å²) in [5, 5.41) is 0. The van der Waals surface area contributed by atoms with Gasteiger partial charge in [0.2, 0.25) is 5.91 Å². The molecule has 0 radical (unpaired) electrons. The molecule has 0 aliphatic heterocycles. The van der Waals surface area contributed by atoms with E-state index in [0.717, 1.165) is 0 Å². The van der Waals surface area contributed by atoms with E-state index in [2.05, 4.69) is 5.73 Å². The predicted octanol–water partition coefficient (Wildman–Crippen LogP) is 1.23. The first-order valence-electron chi connectivity index (χ1n) is 2.33. The number of rotatable bonds is 1. The first-order valence-corrected chi connectivity index (χ1v) is 2.33. The molecule has 0 heterocycles. The highest BCUT2D eigenvalue weighted by atomic mass is 19.1. The van der Waals surface area contributed by atoms with Gasteiger partial charge in [-0.3, -0.25) is 4.79 Å². The first kappa shape index (κ1) is 10.2. The van der Waals surface area contributed by atoms with Gasteiger partial charge < -0.3 is 5.73 Å². The van der Waals surface area contributed by atoms with Crippen molar-refractivity contribution in [2.45, 2.75) is 13.8 Å². The van der Waals surface area contributed by atoms with Crippen LogP contribution < -0.4 is 5.73 Å². The fraction of sp³-hybridized carbons (Fsp3) is 0.400. The Morgan fingerprint density at radius 3 is 2.12 bits per heavy atom. The lowest BCUT2D eigenvalue weighted by Gasteiger charge is -1.68. The van der Waals surface area contributed by atoms with Crippen molar-refractivity contribution in [2.75, 3.05) is 0 Å². The summed E-state index contributed by atoms with van der Waals surface area (Å²) in [7, 11) is 0. The van der Waals surface area contributed by atoms with Crippen LogP contribution in [0.4, 0.5) is 4.39 Å². The lowest BCUT2D eigenvalue weighted by atomic mass is 10.6. The SMILES string of the molecule is CC.NC(=O)/C=C/F.[HH]. The largest absolute Gasteiger partial charge is 0.366 e. The molecule has 2 N–H and O–H groups in total. The molecule has 1 amide bonds. The number of halogens is 1. The number of carbonyl (C=O) groups is 1. The first-order chi connectivity index (χ1) is 3.77. The van der Waals surface area contributed by atoms with Crippen LogP contribution in [0.25, 0.3) is 0 Å². The van der Waals surface area contributed by atoms with Gasteiger partial charge in [0.15, 0.2) is 0 Å². The van der Waals surface area contributed by atoms with E-state index < -0.39 is 5.91 Å². The van der Waals surface area contributed by atoms with Crippen molar-refractivity contribution < 1.29 is 10.6 Å². The van der Waals surface area contributed by atoms with Gasteiger partial charge in [-0.2, -0.15) is 0 Å². The van der Waals surface area contributed by atoms with Crippen LogP contribution in [0.5, 0.6) is 0 Å².